The molecule has 2 aliphatic rings. The monoisotopic (exact) mass is 465 g/mol. The Morgan fingerprint density at radius 1 is 1.21 bits per heavy atom. The number of urea groups is 1. The standard InChI is InChI=1S/C23H23N5O4S/c1-14-7-9-23(10-8-14)21(31)28(22(32)25-23)26-17(29)11-27-13-24-19-18(20(27)30)16(12-33-19)15-5-3-2-4-6-15/h2-6,12-14H,7-11H2,1H3,(H,25,32)(H,26,29). The van der Waals surface area contributed by atoms with Crippen LogP contribution in [-0.2, 0) is 16.1 Å². The highest BCUT2D eigenvalue weighted by Crippen LogP contribution is 2.36. The van der Waals surface area contributed by atoms with Crippen LogP contribution < -0.4 is 16.3 Å². The second-order valence-electron chi connectivity index (χ2n) is 8.74. The van der Waals surface area contributed by atoms with Crippen molar-refractivity contribution in [2.45, 2.75) is 44.7 Å². The first kappa shape index (κ1) is 21.3. The lowest BCUT2D eigenvalue weighted by atomic mass is 9.77. The second-order valence-corrected chi connectivity index (χ2v) is 9.60. The van der Waals surface area contributed by atoms with Crippen LogP contribution in [0.5, 0.6) is 0 Å². The molecule has 0 atom stereocenters. The number of rotatable bonds is 4. The SMILES string of the molecule is CC1CCC2(CC1)NC(=O)N(NC(=O)Cn1cnc3scc(-c4ccccc4)c3c1=O)C2=O. The summed E-state index contributed by atoms with van der Waals surface area (Å²) in [6.45, 7) is 1.75. The van der Waals surface area contributed by atoms with E-state index in [4.69, 9.17) is 0 Å². The molecular formula is C23H23N5O4S. The van der Waals surface area contributed by atoms with Crippen LogP contribution >= 0.6 is 11.3 Å². The average Bonchev–Trinajstić information content (AvgIpc) is 3.34. The van der Waals surface area contributed by atoms with Crippen molar-refractivity contribution in [3.05, 3.63) is 52.4 Å². The van der Waals surface area contributed by atoms with Gasteiger partial charge in [-0.05, 0) is 37.2 Å². The summed E-state index contributed by atoms with van der Waals surface area (Å²) in [4.78, 5) is 56.1. The molecule has 1 saturated carbocycles. The van der Waals surface area contributed by atoms with Gasteiger partial charge in [-0.2, -0.15) is 5.01 Å². The van der Waals surface area contributed by atoms with E-state index in [1.807, 2.05) is 35.7 Å². The van der Waals surface area contributed by atoms with Crippen molar-refractivity contribution in [3.8, 4) is 11.1 Å². The molecule has 33 heavy (non-hydrogen) atoms. The molecule has 0 bridgehead atoms. The van der Waals surface area contributed by atoms with E-state index in [1.54, 1.807) is 0 Å². The first-order chi connectivity index (χ1) is 15.9. The van der Waals surface area contributed by atoms with Crippen LogP contribution in [0, 0.1) is 5.92 Å². The molecule has 170 valence electrons. The first-order valence-electron chi connectivity index (χ1n) is 10.9. The van der Waals surface area contributed by atoms with Gasteiger partial charge in [0.2, 0.25) is 0 Å². The van der Waals surface area contributed by atoms with Gasteiger partial charge in [-0.25, -0.2) is 9.78 Å². The first-order valence-corrected chi connectivity index (χ1v) is 11.7. The number of fused-ring (bicyclic) bond motifs is 1. The summed E-state index contributed by atoms with van der Waals surface area (Å²) in [5, 5.41) is 5.81. The van der Waals surface area contributed by atoms with Gasteiger partial charge in [-0.1, -0.05) is 37.3 Å². The highest BCUT2D eigenvalue weighted by Gasteiger charge is 2.52. The fourth-order valence-electron chi connectivity index (χ4n) is 4.54. The van der Waals surface area contributed by atoms with Gasteiger partial charge in [-0.3, -0.25) is 24.4 Å². The van der Waals surface area contributed by atoms with E-state index in [0.717, 1.165) is 29.0 Å². The number of nitrogens with one attached hydrogen (secondary N) is 2. The minimum Gasteiger partial charge on any atom is -0.322 e. The molecule has 1 spiro atoms. The molecule has 9 nitrogen and oxygen atoms in total. The van der Waals surface area contributed by atoms with Gasteiger partial charge in [0.05, 0.1) is 11.7 Å². The molecule has 0 unspecified atom stereocenters. The second kappa shape index (κ2) is 8.11. The van der Waals surface area contributed by atoms with Gasteiger partial charge in [0.25, 0.3) is 17.4 Å². The summed E-state index contributed by atoms with van der Waals surface area (Å²) in [6, 6.07) is 8.84. The molecule has 1 aliphatic heterocycles. The topological polar surface area (TPSA) is 113 Å². The minimum atomic E-state index is -0.949. The number of hydrogen-bond acceptors (Lipinski definition) is 6. The molecule has 1 aliphatic carbocycles. The highest BCUT2D eigenvalue weighted by atomic mass is 32.1. The number of amides is 4. The molecule has 3 heterocycles. The Morgan fingerprint density at radius 2 is 1.94 bits per heavy atom. The Balaban J connectivity index is 1.36. The number of aromatic nitrogens is 2. The number of carbonyl (C=O) groups is 3. The van der Waals surface area contributed by atoms with Crippen molar-refractivity contribution in [3.63, 3.8) is 0 Å². The van der Waals surface area contributed by atoms with E-state index in [-0.39, 0.29) is 12.1 Å². The van der Waals surface area contributed by atoms with Crippen molar-refractivity contribution in [1.82, 2.24) is 25.3 Å². The van der Waals surface area contributed by atoms with E-state index < -0.39 is 23.4 Å². The third kappa shape index (κ3) is 3.70. The normalized spacial score (nSPS) is 22.7. The Morgan fingerprint density at radius 3 is 2.67 bits per heavy atom. The molecule has 5 rings (SSSR count). The molecular weight excluding hydrogens is 442 g/mol. The van der Waals surface area contributed by atoms with Gasteiger partial charge in [0.15, 0.2) is 0 Å². The maximum Gasteiger partial charge on any atom is 0.344 e. The number of hydrogen-bond donors (Lipinski definition) is 2. The van der Waals surface area contributed by atoms with Crippen LogP contribution in [-0.4, -0.2) is 37.9 Å². The van der Waals surface area contributed by atoms with Gasteiger partial charge >= 0.3 is 6.03 Å². The molecule has 1 saturated heterocycles. The van der Waals surface area contributed by atoms with Crippen molar-refractivity contribution >= 4 is 39.4 Å². The zero-order chi connectivity index (χ0) is 23.2. The third-order valence-corrected chi connectivity index (χ3v) is 7.37. The molecule has 2 N–H and O–H groups in total. The number of benzene rings is 1. The van der Waals surface area contributed by atoms with Crippen molar-refractivity contribution in [2.24, 2.45) is 5.92 Å². The lowest BCUT2D eigenvalue weighted by Gasteiger charge is -2.33. The largest absolute Gasteiger partial charge is 0.344 e. The number of carbonyl (C=O) groups excluding carboxylic acids is 3. The fraction of sp³-hybridized carbons (Fsp3) is 0.348. The summed E-state index contributed by atoms with van der Waals surface area (Å²) >= 11 is 1.36. The van der Waals surface area contributed by atoms with Crippen molar-refractivity contribution in [2.75, 3.05) is 0 Å². The lowest BCUT2D eigenvalue weighted by Crippen LogP contribution is -2.52. The van der Waals surface area contributed by atoms with Crippen LogP contribution in [0.4, 0.5) is 4.79 Å². The quantitative estimate of drug-likeness (QED) is 0.575. The Bertz CT molecular complexity index is 1310. The van der Waals surface area contributed by atoms with Crippen LogP contribution in [0.2, 0.25) is 0 Å². The Kier molecular flexibility index (Phi) is 5.24. The predicted octanol–water partition coefficient (Wildman–Crippen LogP) is 2.66. The zero-order valence-corrected chi connectivity index (χ0v) is 18.9. The van der Waals surface area contributed by atoms with Crippen LogP contribution in [0.1, 0.15) is 32.6 Å². The Hall–Kier alpha value is -3.53. The summed E-state index contributed by atoms with van der Waals surface area (Å²) < 4.78 is 1.19. The third-order valence-electron chi connectivity index (χ3n) is 6.49. The molecule has 10 heteroatoms. The van der Waals surface area contributed by atoms with Gasteiger partial charge < -0.3 is 5.32 Å². The molecule has 2 aromatic heterocycles. The maximum absolute atomic E-state index is 13.1. The molecule has 0 radical (unpaired) electrons. The molecule has 1 aromatic carbocycles. The van der Waals surface area contributed by atoms with Gasteiger partial charge in [-0.15, -0.1) is 11.3 Å². The molecule has 2 fully saturated rings. The summed E-state index contributed by atoms with van der Waals surface area (Å²) in [5.41, 5.74) is 2.71. The van der Waals surface area contributed by atoms with Gasteiger partial charge in [0.1, 0.15) is 16.9 Å². The summed E-state index contributed by atoms with van der Waals surface area (Å²) in [5.74, 6) is -0.603. The predicted molar refractivity (Wildman–Crippen MR) is 123 cm³/mol. The Labute approximate surface area is 193 Å². The van der Waals surface area contributed by atoms with Gasteiger partial charge in [0, 0.05) is 10.9 Å². The lowest BCUT2D eigenvalue weighted by molar-refractivity contribution is -0.140. The molecule has 3 aromatic rings. The van der Waals surface area contributed by atoms with E-state index in [9.17, 15) is 19.2 Å². The van der Waals surface area contributed by atoms with Crippen LogP contribution in [0.15, 0.2) is 46.8 Å². The van der Waals surface area contributed by atoms with Crippen LogP contribution in [0.25, 0.3) is 21.3 Å². The van der Waals surface area contributed by atoms with Crippen LogP contribution in [0.3, 0.4) is 0 Å². The average molecular weight is 466 g/mol. The smallest absolute Gasteiger partial charge is 0.322 e. The van der Waals surface area contributed by atoms with Crippen molar-refractivity contribution < 1.29 is 14.4 Å². The minimum absolute atomic E-state index is 0.356. The number of imide groups is 1. The van der Waals surface area contributed by atoms with E-state index in [1.165, 1.54) is 22.2 Å². The number of hydrazine groups is 1. The summed E-state index contributed by atoms with van der Waals surface area (Å²) in [6.07, 6.45) is 4.07. The highest BCUT2D eigenvalue weighted by molar-refractivity contribution is 7.17. The van der Waals surface area contributed by atoms with E-state index in [0.29, 0.717) is 29.0 Å². The maximum atomic E-state index is 13.1. The van der Waals surface area contributed by atoms with E-state index >= 15 is 0 Å². The fourth-order valence-corrected chi connectivity index (χ4v) is 5.45. The van der Waals surface area contributed by atoms with Crippen molar-refractivity contribution in [1.29, 1.82) is 0 Å². The number of nitrogens with zero attached hydrogens (tertiary/aromatic N) is 3. The summed E-state index contributed by atoms with van der Waals surface area (Å²) in [7, 11) is 0. The number of thiophene rings is 1. The zero-order valence-electron chi connectivity index (χ0n) is 18.0. The molecule has 4 amide bonds. The van der Waals surface area contributed by atoms with E-state index in [2.05, 4.69) is 22.7 Å².